The van der Waals surface area contributed by atoms with Gasteiger partial charge in [0.05, 0.1) is 32.8 Å². The van der Waals surface area contributed by atoms with E-state index in [0.29, 0.717) is 6.61 Å². The van der Waals surface area contributed by atoms with Gasteiger partial charge in [0.15, 0.2) is 0 Å². The SMILES string of the molecule is Cc1ccc(COCC[N+]23CCC(C(O)(c4ccccc4)c4ccccc4)(CC2)CC3)cc1.[Br-]. The minimum Gasteiger partial charge on any atom is -1.00 e. The number of fused-ring (bicyclic) bond motifs is 3. The molecule has 3 heterocycles. The number of nitrogens with zero attached hydrogens (tertiary/aromatic N) is 1. The van der Waals surface area contributed by atoms with Crippen molar-refractivity contribution in [3.05, 3.63) is 107 Å². The van der Waals surface area contributed by atoms with Crippen molar-refractivity contribution in [2.24, 2.45) is 5.41 Å². The highest BCUT2D eigenvalue weighted by molar-refractivity contribution is 5.39. The molecule has 3 aromatic rings. The lowest BCUT2D eigenvalue weighted by Crippen LogP contribution is -3.00. The molecule has 0 spiro atoms. The van der Waals surface area contributed by atoms with E-state index < -0.39 is 5.60 Å². The summed E-state index contributed by atoms with van der Waals surface area (Å²) in [7, 11) is 0. The first-order valence-electron chi connectivity index (χ1n) is 12.4. The molecular weight excluding hydrogens is 486 g/mol. The molecule has 3 aliphatic rings. The van der Waals surface area contributed by atoms with Gasteiger partial charge in [-0.25, -0.2) is 0 Å². The maximum absolute atomic E-state index is 12.5. The number of aryl methyl sites for hydroxylation is 1. The minimum atomic E-state index is -0.950. The number of quaternary nitrogens is 1. The van der Waals surface area contributed by atoms with Crippen LogP contribution in [0.2, 0.25) is 0 Å². The summed E-state index contributed by atoms with van der Waals surface area (Å²) in [4.78, 5) is 0. The summed E-state index contributed by atoms with van der Waals surface area (Å²) in [6.07, 6.45) is 3.14. The third-order valence-electron chi connectivity index (χ3n) is 8.44. The van der Waals surface area contributed by atoms with E-state index in [1.54, 1.807) is 0 Å². The molecule has 3 nitrogen and oxygen atoms in total. The van der Waals surface area contributed by atoms with Crippen molar-refractivity contribution in [3.63, 3.8) is 0 Å². The Morgan fingerprint density at radius 2 is 1.29 bits per heavy atom. The number of aliphatic hydroxyl groups is 1. The van der Waals surface area contributed by atoms with Gasteiger partial charge in [-0.15, -0.1) is 0 Å². The molecule has 34 heavy (non-hydrogen) atoms. The van der Waals surface area contributed by atoms with Gasteiger partial charge in [-0.1, -0.05) is 90.5 Å². The lowest BCUT2D eigenvalue weighted by atomic mass is 9.56. The molecule has 0 aliphatic carbocycles. The van der Waals surface area contributed by atoms with Gasteiger partial charge in [0.25, 0.3) is 0 Å². The van der Waals surface area contributed by atoms with Crippen LogP contribution in [0.5, 0.6) is 0 Å². The van der Waals surface area contributed by atoms with Crippen molar-refractivity contribution < 1.29 is 31.3 Å². The maximum atomic E-state index is 12.5. The molecule has 3 saturated heterocycles. The van der Waals surface area contributed by atoms with E-state index in [-0.39, 0.29) is 22.4 Å². The number of hydrogen-bond donors (Lipinski definition) is 1. The highest BCUT2D eigenvalue weighted by atomic mass is 79.9. The van der Waals surface area contributed by atoms with Gasteiger partial charge >= 0.3 is 0 Å². The van der Waals surface area contributed by atoms with Crippen molar-refractivity contribution in [2.75, 3.05) is 32.8 Å². The van der Waals surface area contributed by atoms with Crippen LogP contribution in [0.1, 0.15) is 41.5 Å². The third-order valence-corrected chi connectivity index (χ3v) is 8.44. The zero-order valence-electron chi connectivity index (χ0n) is 20.1. The molecule has 2 bridgehead atoms. The van der Waals surface area contributed by atoms with E-state index in [0.717, 1.165) is 67.7 Å². The van der Waals surface area contributed by atoms with Crippen molar-refractivity contribution in [1.29, 1.82) is 0 Å². The second-order valence-electron chi connectivity index (χ2n) is 10.2. The summed E-state index contributed by atoms with van der Waals surface area (Å²) < 4.78 is 7.21. The van der Waals surface area contributed by atoms with E-state index in [2.05, 4.69) is 79.7 Å². The van der Waals surface area contributed by atoms with Gasteiger partial charge in [-0.3, -0.25) is 0 Å². The Morgan fingerprint density at radius 1 is 0.794 bits per heavy atom. The molecule has 6 rings (SSSR count). The van der Waals surface area contributed by atoms with Crippen molar-refractivity contribution in [2.45, 2.75) is 38.4 Å². The summed E-state index contributed by atoms with van der Waals surface area (Å²) in [5, 5.41) is 12.5. The summed E-state index contributed by atoms with van der Waals surface area (Å²) >= 11 is 0. The number of benzene rings is 3. The predicted molar refractivity (Wildman–Crippen MR) is 133 cm³/mol. The molecule has 0 atom stereocenters. The largest absolute Gasteiger partial charge is 1.00 e. The molecule has 3 aromatic carbocycles. The van der Waals surface area contributed by atoms with E-state index in [4.69, 9.17) is 4.74 Å². The predicted octanol–water partition coefficient (Wildman–Crippen LogP) is 2.45. The molecule has 0 saturated carbocycles. The monoisotopic (exact) mass is 521 g/mol. The maximum Gasteiger partial charge on any atom is 0.121 e. The van der Waals surface area contributed by atoms with E-state index in [1.807, 2.05) is 12.1 Å². The summed E-state index contributed by atoms with van der Waals surface area (Å²) in [6, 6.07) is 29.3. The molecule has 0 aromatic heterocycles. The third kappa shape index (κ3) is 4.61. The highest BCUT2D eigenvalue weighted by Crippen LogP contribution is 2.57. The summed E-state index contributed by atoms with van der Waals surface area (Å²) in [5.41, 5.74) is 3.52. The fourth-order valence-electron chi connectivity index (χ4n) is 6.21. The Morgan fingerprint density at radius 3 is 1.79 bits per heavy atom. The molecular formula is C30H36BrNO2. The normalized spacial score (nSPS) is 23.9. The average Bonchev–Trinajstić information content (AvgIpc) is 2.89. The Balaban J connectivity index is 0.00000274. The van der Waals surface area contributed by atoms with Crippen LogP contribution in [-0.4, -0.2) is 42.4 Å². The van der Waals surface area contributed by atoms with Gasteiger partial charge in [0.1, 0.15) is 12.1 Å². The zero-order chi connectivity index (χ0) is 22.8. The van der Waals surface area contributed by atoms with Crippen molar-refractivity contribution >= 4 is 0 Å². The first-order valence-corrected chi connectivity index (χ1v) is 12.4. The van der Waals surface area contributed by atoms with Crippen LogP contribution in [-0.2, 0) is 16.9 Å². The number of hydrogen-bond acceptors (Lipinski definition) is 2. The number of ether oxygens (including phenoxy) is 1. The molecule has 0 radical (unpaired) electrons. The molecule has 180 valence electrons. The van der Waals surface area contributed by atoms with Crippen LogP contribution in [0, 0.1) is 12.3 Å². The second kappa shape index (κ2) is 10.3. The Hall–Kier alpha value is -1.98. The van der Waals surface area contributed by atoms with E-state index in [9.17, 15) is 5.11 Å². The smallest absolute Gasteiger partial charge is 0.121 e. The topological polar surface area (TPSA) is 29.5 Å². The van der Waals surface area contributed by atoms with Crippen LogP contribution < -0.4 is 17.0 Å². The van der Waals surface area contributed by atoms with Gasteiger partial charge in [0, 0.05) is 24.7 Å². The molecule has 4 heteroatoms. The molecule has 3 aliphatic heterocycles. The number of halogens is 1. The van der Waals surface area contributed by atoms with Crippen LogP contribution in [0.25, 0.3) is 0 Å². The van der Waals surface area contributed by atoms with E-state index in [1.165, 1.54) is 11.1 Å². The van der Waals surface area contributed by atoms with Gasteiger partial charge < -0.3 is 31.3 Å². The standard InChI is InChI=1S/C30H36NO2.BrH/c1-25-12-14-26(15-13-25)24-33-23-22-31-19-16-29(17-20-31,18-21-31)30(32,27-8-4-2-5-9-27)28-10-6-3-7-11-28;/h2-15,32H,16-24H2,1H3;1H/q+1;/p-1. The van der Waals surface area contributed by atoms with Crippen LogP contribution in [0.15, 0.2) is 84.9 Å². The van der Waals surface area contributed by atoms with Crippen molar-refractivity contribution in [3.8, 4) is 0 Å². The lowest BCUT2D eigenvalue weighted by Gasteiger charge is -2.60. The van der Waals surface area contributed by atoms with E-state index >= 15 is 0 Å². The fourth-order valence-corrected chi connectivity index (χ4v) is 6.21. The minimum absolute atomic E-state index is 0. The Labute approximate surface area is 214 Å². The molecule has 3 fully saturated rings. The zero-order valence-corrected chi connectivity index (χ0v) is 21.7. The Bertz CT molecular complexity index is 988. The van der Waals surface area contributed by atoms with Crippen LogP contribution in [0.3, 0.4) is 0 Å². The molecule has 0 unspecified atom stereocenters. The lowest BCUT2D eigenvalue weighted by molar-refractivity contribution is -0.946. The summed E-state index contributed by atoms with van der Waals surface area (Å²) in [5.74, 6) is 0. The van der Waals surface area contributed by atoms with Gasteiger partial charge in [-0.05, 0) is 23.6 Å². The second-order valence-corrected chi connectivity index (χ2v) is 10.2. The van der Waals surface area contributed by atoms with Crippen molar-refractivity contribution in [1.82, 2.24) is 0 Å². The Kier molecular flexibility index (Phi) is 7.63. The van der Waals surface area contributed by atoms with Gasteiger partial charge in [0.2, 0.25) is 0 Å². The fraction of sp³-hybridized carbons (Fsp3) is 0.400. The average molecular weight is 523 g/mol. The molecule has 1 N–H and O–H groups in total. The first-order chi connectivity index (χ1) is 16.1. The van der Waals surface area contributed by atoms with Crippen LogP contribution >= 0.6 is 0 Å². The first kappa shape index (κ1) is 25.1. The molecule has 0 amide bonds. The number of rotatable bonds is 8. The van der Waals surface area contributed by atoms with Crippen LogP contribution in [0.4, 0.5) is 0 Å². The quantitative estimate of drug-likeness (QED) is 0.364. The summed E-state index contributed by atoms with van der Waals surface area (Å²) in [6.45, 7) is 8.03. The number of piperidine rings is 3. The highest BCUT2D eigenvalue weighted by Gasteiger charge is 2.60. The van der Waals surface area contributed by atoms with Gasteiger partial charge in [-0.2, -0.15) is 0 Å².